The van der Waals surface area contributed by atoms with Gasteiger partial charge in [-0.2, -0.15) is 5.10 Å². The van der Waals surface area contributed by atoms with Crippen LogP contribution in [0.15, 0.2) is 42.7 Å². The van der Waals surface area contributed by atoms with E-state index in [2.05, 4.69) is 15.7 Å². The average Bonchev–Trinajstić information content (AvgIpc) is 3.17. The Balaban J connectivity index is 1.75. The molecule has 0 radical (unpaired) electrons. The van der Waals surface area contributed by atoms with E-state index in [9.17, 15) is 14.4 Å². The molecule has 3 amide bonds. The number of benzene rings is 1. The van der Waals surface area contributed by atoms with Crippen molar-refractivity contribution >= 4 is 17.7 Å². The third-order valence-electron chi connectivity index (χ3n) is 5.02. The Morgan fingerprint density at radius 2 is 2.00 bits per heavy atom. The molecule has 29 heavy (non-hydrogen) atoms. The molecule has 1 aliphatic heterocycles. The fourth-order valence-corrected chi connectivity index (χ4v) is 3.50. The molecule has 0 aliphatic carbocycles. The van der Waals surface area contributed by atoms with E-state index in [1.807, 2.05) is 30.3 Å². The van der Waals surface area contributed by atoms with Crippen molar-refractivity contribution in [3.63, 3.8) is 0 Å². The first-order valence-electron chi connectivity index (χ1n) is 9.92. The van der Waals surface area contributed by atoms with Crippen LogP contribution < -0.4 is 10.6 Å². The highest BCUT2D eigenvalue weighted by molar-refractivity contribution is 5.96. The summed E-state index contributed by atoms with van der Waals surface area (Å²) in [7, 11) is 1.73. The minimum absolute atomic E-state index is 0.0713. The number of nitrogens with zero attached hydrogens (tertiary/aromatic N) is 3. The van der Waals surface area contributed by atoms with Crippen molar-refractivity contribution in [3.8, 4) is 0 Å². The van der Waals surface area contributed by atoms with Crippen LogP contribution in [0.5, 0.6) is 0 Å². The fraction of sp³-hybridized carbons (Fsp3) is 0.429. The predicted molar refractivity (Wildman–Crippen MR) is 108 cm³/mol. The highest BCUT2D eigenvalue weighted by Gasteiger charge is 2.28. The SMILES string of the molecule is Cn1cc(C(=O)NCC(=O)N2CCCCCNC(=O)CC2c2ccccc2)cn1. The number of hydrogen-bond acceptors (Lipinski definition) is 4. The maximum absolute atomic E-state index is 13.1. The zero-order valence-corrected chi connectivity index (χ0v) is 16.6. The van der Waals surface area contributed by atoms with Crippen LogP contribution in [-0.2, 0) is 16.6 Å². The first-order valence-corrected chi connectivity index (χ1v) is 9.92. The van der Waals surface area contributed by atoms with E-state index < -0.39 is 0 Å². The van der Waals surface area contributed by atoms with Crippen molar-refractivity contribution in [1.29, 1.82) is 0 Å². The first kappa shape index (κ1) is 20.6. The minimum atomic E-state index is -0.364. The highest BCUT2D eigenvalue weighted by Crippen LogP contribution is 2.25. The third kappa shape index (κ3) is 5.66. The molecule has 1 atom stereocenters. The van der Waals surface area contributed by atoms with Gasteiger partial charge in [-0.3, -0.25) is 19.1 Å². The van der Waals surface area contributed by atoms with Crippen LogP contribution in [0.2, 0.25) is 0 Å². The summed E-state index contributed by atoms with van der Waals surface area (Å²) in [6.45, 7) is 1.09. The van der Waals surface area contributed by atoms with Crippen LogP contribution in [0.4, 0.5) is 0 Å². The van der Waals surface area contributed by atoms with Crippen LogP contribution in [0.25, 0.3) is 0 Å². The number of aromatic nitrogens is 2. The maximum Gasteiger partial charge on any atom is 0.254 e. The second kappa shape index (κ2) is 9.86. The molecule has 8 heteroatoms. The van der Waals surface area contributed by atoms with E-state index in [-0.39, 0.29) is 36.7 Å². The summed E-state index contributed by atoms with van der Waals surface area (Å²) in [6.07, 6.45) is 5.92. The smallest absolute Gasteiger partial charge is 0.254 e. The second-order valence-electron chi connectivity index (χ2n) is 7.21. The van der Waals surface area contributed by atoms with Crippen molar-refractivity contribution in [2.45, 2.75) is 31.7 Å². The van der Waals surface area contributed by atoms with Gasteiger partial charge in [0.1, 0.15) is 0 Å². The predicted octanol–water partition coefficient (Wildman–Crippen LogP) is 1.41. The Morgan fingerprint density at radius 3 is 2.72 bits per heavy atom. The lowest BCUT2D eigenvalue weighted by atomic mass is 10.00. The summed E-state index contributed by atoms with van der Waals surface area (Å²) in [6, 6.07) is 9.20. The summed E-state index contributed by atoms with van der Waals surface area (Å²) in [5, 5.41) is 9.58. The van der Waals surface area contributed by atoms with Gasteiger partial charge in [0.05, 0.1) is 30.8 Å². The molecular weight excluding hydrogens is 370 g/mol. The first-order chi connectivity index (χ1) is 14.0. The summed E-state index contributed by atoms with van der Waals surface area (Å²) < 4.78 is 1.53. The van der Waals surface area contributed by atoms with E-state index in [0.717, 1.165) is 24.8 Å². The molecule has 1 aromatic carbocycles. The molecule has 3 rings (SSSR count). The van der Waals surface area contributed by atoms with Crippen molar-refractivity contribution in [2.75, 3.05) is 19.6 Å². The Labute approximate surface area is 170 Å². The van der Waals surface area contributed by atoms with Crippen molar-refractivity contribution in [1.82, 2.24) is 25.3 Å². The van der Waals surface area contributed by atoms with Crippen LogP contribution >= 0.6 is 0 Å². The van der Waals surface area contributed by atoms with Gasteiger partial charge in [-0.15, -0.1) is 0 Å². The Hall–Kier alpha value is -3.16. The summed E-state index contributed by atoms with van der Waals surface area (Å²) in [5.41, 5.74) is 1.32. The van der Waals surface area contributed by atoms with Gasteiger partial charge in [0.15, 0.2) is 0 Å². The molecule has 8 nitrogen and oxygen atoms in total. The largest absolute Gasteiger partial charge is 0.356 e. The van der Waals surface area contributed by atoms with E-state index >= 15 is 0 Å². The molecule has 2 heterocycles. The van der Waals surface area contributed by atoms with E-state index in [1.54, 1.807) is 18.1 Å². The van der Waals surface area contributed by atoms with Crippen LogP contribution in [0.3, 0.4) is 0 Å². The van der Waals surface area contributed by atoms with Gasteiger partial charge >= 0.3 is 0 Å². The molecule has 1 unspecified atom stereocenters. The Kier molecular flexibility index (Phi) is 6.99. The monoisotopic (exact) mass is 397 g/mol. The molecule has 0 saturated carbocycles. The normalized spacial score (nSPS) is 18.0. The summed E-state index contributed by atoms with van der Waals surface area (Å²) in [5.74, 6) is -0.621. The van der Waals surface area contributed by atoms with Gasteiger partial charge in [0.2, 0.25) is 11.8 Å². The molecule has 1 fully saturated rings. The maximum atomic E-state index is 13.1. The molecule has 2 N–H and O–H groups in total. The highest BCUT2D eigenvalue weighted by atomic mass is 16.2. The number of carbonyl (C=O) groups excluding carboxylic acids is 3. The van der Waals surface area contributed by atoms with E-state index in [4.69, 9.17) is 0 Å². The minimum Gasteiger partial charge on any atom is -0.356 e. The van der Waals surface area contributed by atoms with Crippen molar-refractivity contribution in [3.05, 3.63) is 53.9 Å². The zero-order valence-electron chi connectivity index (χ0n) is 16.6. The van der Waals surface area contributed by atoms with Crippen LogP contribution in [0.1, 0.15) is 47.6 Å². The molecule has 0 spiro atoms. The number of carbonyl (C=O) groups is 3. The Morgan fingerprint density at radius 1 is 1.21 bits per heavy atom. The van der Waals surface area contributed by atoms with Gasteiger partial charge in [0.25, 0.3) is 5.91 Å². The average molecular weight is 397 g/mol. The number of aryl methyl sites for hydroxylation is 1. The zero-order chi connectivity index (χ0) is 20.6. The van der Waals surface area contributed by atoms with Gasteiger partial charge in [-0.25, -0.2) is 0 Å². The van der Waals surface area contributed by atoms with Gasteiger partial charge in [-0.1, -0.05) is 30.3 Å². The molecule has 2 aromatic rings. The fourth-order valence-electron chi connectivity index (χ4n) is 3.50. The molecule has 1 saturated heterocycles. The molecule has 154 valence electrons. The molecule has 1 aliphatic rings. The van der Waals surface area contributed by atoms with Crippen LogP contribution in [0, 0.1) is 0 Å². The number of hydrogen-bond donors (Lipinski definition) is 2. The van der Waals surface area contributed by atoms with Crippen LogP contribution in [-0.4, -0.2) is 52.0 Å². The summed E-state index contributed by atoms with van der Waals surface area (Å²) >= 11 is 0. The number of nitrogens with one attached hydrogen (secondary N) is 2. The third-order valence-corrected chi connectivity index (χ3v) is 5.02. The molecule has 0 bridgehead atoms. The topological polar surface area (TPSA) is 96.3 Å². The van der Waals surface area contributed by atoms with Crippen molar-refractivity contribution < 1.29 is 14.4 Å². The summed E-state index contributed by atoms with van der Waals surface area (Å²) in [4.78, 5) is 39.4. The molecule has 1 aromatic heterocycles. The van der Waals surface area contributed by atoms with Crippen molar-refractivity contribution in [2.24, 2.45) is 7.05 Å². The van der Waals surface area contributed by atoms with E-state index in [1.165, 1.54) is 10.9 Å². The lowest BCUT2D eigenvalue weighted by Crippen LogP contribution is -2.44. The number of amides is 3. The standard InChI is InChI=1S/C21H27N5O3/c1-25-15-17(13-24-25)21(29)23-14-20(28)26-11-7-3-6-10-22-19(27)12-18(26)16-8-4-2-5-9-16/h2,4-5,8-9,13,15,18H,3,6-7,10-12,14H2,1H3,(H,22,27)(H,23,29). The van der Waals surface area contributed by atoms with Gasteiger partial charge in [-0.05, 0) is 24.8 Å². The van der Waals surface area contributed by atoms with Gasteiger partial charge < -0.3 is 15.5 Å². The second-order valence-corrected chi connectivity index (χ2v) is 7.21. The van der Waals surface area contributed by atoms with Gasteiger partial charge in [0, 0.05) is 26.3 Å². The lowest BCUT2D eigenvalue weighted by Gasteiger charge is -2.33. The van der Waals surface area contributed by atoms with E-state index in [0.29, 0.717) is 18.7 Å². The number of rotatable bonds is 4. The lowest BCUT2D eigenvalue weighted by molar-refractivity contribution is -0.134. The Bertz CT molecular complexity index is 849. The molecular formula is C21H27N5O3. The quantitative estimate of drug-likeness (QED) is 0.815.